The maximum atomic E-state index is 3.94. The van der Waals surface area contributed by atoms with Gasteiger partial charge in [0.2, 0.25) is 0 Å². The lowest BCUT2D eigenvalue weighted by atomic mass is 10.1. The summed E-state index contributed by atoms with van der Waals surface area (Å²) >= 11 is 0. The molecule has 2 heteroatoms. The van der Waals surface area contributed by atoms with Gasteiger partial charge in [-0.05, 0) is 26.1 Å². The van der Waals surface area contributed by atoms with E-state index in [1.54, 1.807) is 0 Å². The van der Waals surface area contributed by atoms with Gasteiger partial charge in [-0.2, -0.15) is 0 Å². The monoisotopic (exact) mass is 112 g/mol. The maximum Gasteiger partial charge on any atom is 0.0617 e. The molecule has 0 saturated carbocycles. The predicted octanol–water partition coefficient (Wildman–Crippen LogP) is 0.439. The van der Waals surface area contributed by atoms with Crippen molar-refractivity contribution >= 4 is 6.72 Å². The molecule has 0 spiro atoms. The van der Waals surface area contributed by atoms with Gasteiger partial charge in [-0.25, -0.2) is 0 Å². The van der Waals surface area contributed by atoms with Crippen LogP contribution in [0.5, 0.6) is 0 Å². The highest BCUT2D eigenvalue weighted by Crippen LogP contribution is 2.03. The summed E-state index contributed by atoms with van der Waals surface area (Å²) in [4.78, 5) is 3.94. The molecule has 1 heterocycles. The molecule has 1 saturated heterocycles. The maximum absolute atomic E-state index is 3.94. The van der Waals surface area contributed by atoms with Crippen LogP contribution in [0.2, 0.25) is 0 Å². The van der Waals surface area contributed by atoms with Crippen molar-refractivity contribution < 1.29 is 0 Å². The fourth-order valence-electron chi connectivity index (χ4n) is 0.989. The van der Waals surface area contributed by atoms with Crippen LogP contribution in [-0.4, -0.2) is 25.8 Å². The van der Waals surface area contributed by atoms with E-state index >= 15 is 0 Å². The third kappa shape index (κ3) is 1.30. The van der Waals surface area contributed by atoms with Gasteiger partial charge in [0.1, 0.15) is 0 Å². The van der Waals surface area contributed by atoms with E-state index in [1.807, 2.05) is 0 Å². The third-order valence-corrected chi connectivity index (χ3v) is 1.53. The van der Waals surface area contributed by atoms with Crippen LogP contribution in [0.4, 0.5) is 0 Å². The number of hydrogen-bond donors (Lipinski definition) is 1. The lowest BCUT2D eigenvalue weighted by molar-refractivity contribution is 0.462. The van der Waals surface area contributed by atoms with Crippen molar-refractivity contribution in [3.63, 3.8) is 0 Å². The zero-order valence-corrected chi connectivity index (χ0v) is 5.06. The Balaban J connectivity index is 2.22. The lowest BCUT2D eigenvalue weighted by Crippen LogP contribution is -2.32. The summed E-state index contributed by atoms with van der Waals surface area (Å²) in [6.07, 6.45) is 2.47. The third-order valence-electron chi connectivity index (χ3n) is 1.53. The van der Waals surface area contributed by atoms with Crippen LogP contribution >= 0.6 is 0 Å². The molecular weight excluding hydrogens is 100 g/mol. The Bertz CT molecular complexity index is 74.6. The van der Waals surface area contributed by atoms with Crippen LogP contribution in [-0.2, 0) is 0 Å². The number of aliphatic imine (C=N–C) groups is 1. The molecule has 1 fully saturated rings. The predicted molar refractivity (Wildman–Crippen MR) is 35.4 cm³/mol. The van der Waals surface area contributed by atoms with E-state index in [0.29, 0.717) is 6.04 Å². The molecule has 0 aliphatic carbocycles. The summed E-state index contributed by atoms with van der Waals surface area (Å²) in [5.74, 6) is 0. The van der Waals surface area contributed by atoms with Gasteiger partial charge < -0.3 is 5.32 Å². The van der Waals surface area contributed by atoms with E-state index in [1.165, 1.54) is 12.8 Å². The van der Waals surface area contributed by atoms with E-state index in [4.69, 9.17) is 0 Å². The Hall–Kier alpha value is -0.370. The normalized spacial score (nSPS) is 29.8. The van der Waals surface area contributed by atoms with Gasteiger partial charge in [-0.3, -0.25) is 4.99 Å². The summed E-state index contributed by atoms with van der Waals surface area (Å²) in [7, 11) is 0. The largest absolute Gasteiger partial charge is 0.315 e. The van der Waals surface area contributed by atoms with Gasteiger partial charge in [0.05, 0.1) is 6.04 Å². The molecule has 1 rings (SSSR count). The van der Waals surface area contributed by atoms with Crippen LogP contribution in [0.25, 0.3) is 0 Å². The topological polar surface area (TPSA) is 24.4 Å². The van der Waals surface area contributed by atoms with Crippen molar-refractivity contribution in [1.82, 2.24) is 5.32 Å². The minimum atomic E-state index is 0.490. The van der Waals surface area contributed by atoms with Crippen LogP contribution < -0.4 is 5.32 Å². The second kappa shape index (κ2) is 2.82. The van der Waals surface area contributed by atoms with Crippen molar-refractivity contribution in [3.05, 3.63) is 0 Å². The van der Waals surface area contributed by atoms with E-state index < -0.39 is 0 Å². The Morgan fingerprint density at radius 2 is 2.50 bits per heavy atom. The van der Waals surface area contributed by atoms with Gasteiger partial charge in [0.15, 0.2) is 0 Å². The quantitative estimate of drug-likeness (QED) is 0.489. The van der Waals surface area contributed by atoms with Gasteiger partial charge in [-0.15, -0.1) is 0 Å². The van der Waals surface area contributed by atoms with Gasteiger partial charge in [-0.1, -0.05) is 0 Å². The summed E-state index contributed by atoms with van der Waals surface area (Å²) < 4.78 is 0. The SMILES string of the molecule is C=NC1CCCNC1. The Morgan fingerprint density at radius 1 is 1.62 bits per heavy atom. The minimum absolute atomic E-state index is 0.490. The average molecular weight is 112 g/mol. The molecule has 0 bridgehead atoms. The zero-order valence-electron chi connectivity index (χ0n) is 5.06. The van der Waals surface area contributed by atoms with Gasteiger partial charge in [0, 0.05) is 6.54 Å². The first-order valence-corrected chi connectivity index (χ1v) is 3.10. The molecule has 0 aromatic heterocycles. The molecular formula is C6H12N2. The second-order valence-corrected chi connectivity index (χ2v) is 2.18. The molecule has 0 amide bonds. The molecule has 8 heavy (non-hydrogen) atoms. The van der Waals surface area contributed by atoms with E-state index in [9.17, 15) is 0 Å². The fraction of sp³-hybridized carbons (Fsp3) is 0.833. The Kier molecular flexibility index (Phi) is 2.03. The Morgan fingerprint density at radius 3 is 2.88 bits per heavy atom. The standard InChI is InChI=1S/C6H12N2/c1-7-6-3-2-4-8-5-6/h6,8H,1-5H2. The Labute approximate surface area is 50.0 Å². The molecule has 46 valence electrons. The van der Waals surface area contributed by atoms with Crippen molar-refractivity contribution in [1.29, 1.82) is 0 Å². The van der Waals surface area contributed by atoms with Crippen LogP contribution in [0.1, 0.15) is 12.8 Å². The van der Waals surface area contributed by atoms with Crippen molar-refractivity contribution in [2.24, 2.45) is 4.99 Å². The number of nitrogens with zero attached hydrogens (tertiary/aromatic N) is 1. The lowest BCUT2D eigenvalue weighted by Gasteiger charge is -2.17. The van der Waals surface area contributed by atoms with E-state index in [2.05, 4.69) is 17.0 Å². The molecule has 1 aliphatic heterocycles. The number of hydrogen-bond acceptors (Lipinski definition) is 2. The second-order valence-electron chi connectivity index (χ2n) is 2.18. The molecule has 0 aromatic carbocycles. The summed E-state index contributed by atoms with van der Waals surface area (Å²) in [6.45, 7) is 5.68. The van der Waals surface area contributed by atoms with E-state index in [0.717, 1.165) is 13.1 Å². The number of rotatable bonds is 1. The van der Waals surface area contributed by atoms with Crippen molar-refractivity contribution in [2.45, 2.75) is 18.9 Å². The summed E-state index contributed by atoms with van der Waals surface area (Å²) in [5.41, 5.74) is 0. The average Bonchev–Trinajstić information content (AvgIpc) is 1.90. The molecule has 2 nitrogen and oxygen atoms in total. The fourth-order valence-corrected chi connectivity index (χ4v) is 0.989. The summed E-state index contributed by atoms with van der Waals surface area (Å²) in [5, 5.41) is 3.25. The molecule has 0 radical (unpaired) electrons. The zero-order chi connectivity index (χ0) is 5.82. The highest BCUT2D eigenvalue weighted by atomic mass is 14.9. The highest BCUT2D eigenvalue weighted by molar-refractivity contribution is 5.24. The first kappa shape index (κ1) is 5.76. The van der Waals surface area contributed by atoms with Gasteiger partial charge in [0.25, 0.3) is 0 Å². The van der Waals surface area contributed by atoms with Crippen LogP contribution in [0.15, 0.2) is 4.99 Å². The molecule has 1 N–H and O–H groups in total. The smallest absolute Gasteiger partial charge is 0.0617 e. The van der Waals surface area contributed by atoms with E-state index in [-0.39, 0.29) is 0 Å². The minimum Gasteiger partial charge on any atom is -0.315 e. The number of piperidine rings is 1. The molecule has 1 unspecified atom stereocenters. The first-order chi connectivity index (χ1) is 3.93. The van der Waals surface area contributed by atoms with Crippen LogP contribution in [0, 0.1) is 0 Å². The van der Waals surface area contributed by atoms with Crippen molar-refractivity contribution in [3.8, 4) is 0 Å². The summed E-state index contributed by atoms with van der Waals surface area (Å²) in [6, 6.07) is 0.490. The van der Waals surface area contributed by atoms with Crippen molar-refractivity contribution in [2.75, 3.05) is 13.1 Å². The first-order valence-electron chi connectivity index (χ1n) is 3.10. The molecule has 1 atom stereocenters. The van der Waals surface area contributed by atoms with Gasteiger partial charge >= 0.3 is 0 Å². The number of nitrogens with one attached hydrogen (secondary N) is 1. The van der Waals surface area contributed by atoms with Crippen LogP contribution in [0.3, 0.4) is 0 Å². The molecule has 1 aliphatic rings. The molecule has 0 aromatic rings. The highest BCUT2D eigenvalue weighted by Gasteiger charge is 2.08.